The van der Waals surface area contributed by atoms with Crippen molar-refractivity contribution in [2.45, 2.75) is 13.0 Å². The van der Waals surface area contributed by atoms with Crippen LogP contribution in [0.4, 0.5) is 4.39 Å². The monoisotopic (exact) mass is 453 g/mol. The number of carbonyl (C=O) groups excluding carboxylic acids is 1. The Bertz CT molecular complexity index is 1090. The maximum Gasteiger partial charge on any atom is 0.251 e. The van der Waals surface area contributed by atoms with Gasteiger partial charge in [-0.3, -0.25) is 4.79 Å². The number of nitrogens with zero attached hydrogens (tertiary/aromatic N) is 1. The van der Waals surface area contributed by atoms with Crippen LogP contribution in [0.3, 0.4) is 0 Å². The van der Waals surface area contributed by atoms with E-state index in [0.29, 0.717) is 18.7 Å². The van der Waals surface area contributed by atoms with Crippen molar-refractivity contribution in [2.24, 2.45) is 0 Å². The predicted octanol–water partition coefficient (Wildman–Crippen LogP) is 0.619. The van der Waals surface area contributed by atoms with Crippen LogP contribution in [0, 0.1) is 5.82 Å². The van der Waals surface area contributed by atoms with Crippen molar-refractivity contribution in [1.29, 1.82) is 0 Å². The van der Waals surface area contributed by atoms with Crippen LogP contribution in [0.15, 0.2) is 79.3 Å². The Labute approximate surface area is 179 Å². The van der Waals surface area contributed by atoms with Crippen molar-refractivity contribution >= 4 is 16.8 Å². The van der Waals surface area contributed by atoms with E-state index in [9.17, 15) is 9.18 Å². The molecule has 0 aliphatic rings. The Morgan fingerprint density at radius 1 is 1.00 bits per heavy atom. The van der Waals surface area contributed by atoms with E-state index in [2.05, 4.69) is 16.4 Å². The van der Waals surface area contributed by atoms with Gasteiger partial charge < -0.3 is 27.3 Å². The maximum atomic E-state index is 13.0. The number of nitrogens with one attached hydrogen (secondary N) is 2. The average molecular weight is 454 g/mol. The van der Waals surface area contributed by atoms with E-state index in [1.165, 1.54) is 23.1 Å². The fraction of sp³-hybridized carbons (Fsp3) is 0.130. The lowest BCUT2D eigenvalue weighted by Gasteiger charge is -2.05. The summed E-state index contributed by atoms with van der Waals surface area (Å²) in [5.41, 5.74) is 3.93. The number of fused-ring (bicyclic) bond motifs is 1. The van der Waals surface area contributed by atoms with E-state index in [0.717, 1.165) is 17.5 Å². The lowest BCUT2D eigenvalue weighted by Crippen LogP contribution is -3.00. The maximum absolute atomic E-state index is 13.0. The number of pyridine rings is 1. The van der Waals surface area contributed by atoms with Gasteiger partial charge in [-0.2, -0.15) is 0 Å². The van der Waals surface area contributed by atoms with Gasteiger partial charge in [-0.1, -0.05) is 18.2 Å². The fourth-order valence-electron chi connectivity index (χ4n) is 3.27. The van der Waals surface area contributed by atoms with Crippen LogP contribution >= 0.6 is 0 Å². The molecule has 2 aromatic carbocycles. The van der Waals surface area contributed by atoms with Crippen molar-refractivity contribution < 1.29 is 30.7 Å². The molecule has 4 aromatic rings. The highest BCUT2D eigenvalue weighted by Gasteiger charge is 2.09. The lowest BCUT2D eigenvalue weighted by molar-refractivity contribution is -0.688. The highest BCUT2D eigenvalue weighted by Crippen LogP contribution is 2.17. The second-order valence-corrected chi connectivity index (χ2v) is 6.75. The van der Waals surface area contributed by atoms with Gasteiger partial charge in [-0.15, -0.1) is 0 Å². The topological polar surface area (TPSA) is 48.8 Å². The summed E-state index contributed by atoms with van der Waals surface area (Å²) in [6.07, 6.45) is 6.49. The van der Waals surface area contributed by atoms with Crippen molar-refractivity contribution in [3.8, 4) is 0 Å². The molecule has 0 aliphatic carbocycles. The number of aromatic amines is 1. The average Bonchev–Trinajstić information content (AvgIpc) is 3.13. The molecular weight excluding hydrogens is 433 g/mol. The van der Waals surface area contributed by atoms with Gasteiger partial charge in [-0.25, -0.2) is 8.96 Å². The van der Waals surface area contributed by atoms with Gasteiger partial charge in [0.05, 0.1) is 5.56 Å². The smallest absolute Gasteiger partial charge is 0.251 e. The minimum absolute atomic E-state index is 0. The van der Waals surface area contributed by atoms with Crippen LogP contribution in [-0.4, -0.2) is 17.4 Å². The summed E-state index contributed by atoms with van der Waals surface area (Å²) in [5, 5.41) is 4.17. The van der Waals surface area contributed by atoms with Crippen LogP contribution < -0.4 is 26.9 Å². The third kappa shape index (κ3) is 5.09. The Balaban J connectivity index is 0.00000240. The molecule has 29 heavy (non-hydrogen) atoms. The molecule has 4 rings (SSSR count). The summed E-state index contributed by atoms with van der Waals surface area (Å²) in [5.74, 6) is -0.331. The summed E-state index contributed by atoms with van der Waals surface area (Å²) in [6, 6.07) is 18.2. The minimum atomic E-state index is -0.242. The number of H-pyrrole nitrogens is 1. The first-order valence-corrected chi connectivity index (χ1v) is 9.26. The Morgan fingerprint density at radius 2 is 1.72 bits per heavy atom. The molecule has 0 saturated heterocycles. The van der Waals surface area contributed by atoms with E-state index in [-0.39, 0.29) is 28.7 Å². The number of hydrogen-bond acceptors (Lipinski definition) is 1. The third-order valence-corrected chi connectivity index (χ3v) is 4.79. The molecular formula is C23H21BrFN3O. The molecule has 0 bridgehead atoms. The van der Waals surface area contributed by atoms with Gasteiger partial charge >= 0.3 is 0 Å². The number of rotatable bonds is 6. The molecule has 0 spiro atoms. The van der Waals surface area contributed by atoms with Crippen LogP contribution in [0.5, 0.6) is 0 Å². The van der Waals surface area contributed by atoms with Gasteiger partial charge in [0.1, 0.15) is 5.82 Å². The van der Waals surface area contributed by atoms with E-state index < -0.39 is 0 Å². The Morgan fingerprint density at radius 3 is 2.48 bits per heavy atom. The van der Waals surface area contributed by atoms with Crippen molar-refractivity contribution in [1.82, 2.24) is 10.3 Å². The Hall–Kier alpha value is -2.99. The number of halogens is 2. The van der Waals surface area contributed by atoms with Gasteiger partial charge in [0.15, 0.2) is 18.9 Å². The Kier molecular flexibility index (Phi) is 6.77. The van der Waals surface area contributed by atoms with E-state index in [4.69, 9.17) is 0 Å². The normalized spacial score (nSPS) is 10.5. The first kappa shape index (κ1) is 20.7. The lowest BCUT2D eigenvalue weighted by atomic mass is 10.1. The molecule has 0 atom stereocenters. The van der Waals surface area contributed by atoms with E-state index >= 15 is 0 Å². The minimum Gasteiger partial charge on any atom is -1.00 e. The standard InChI is InChI=1S/C23H20FN3O.BrH/c24-20-7-5-17(6-8-20)16-27-13-10-18(11-14-27)23(28)25-12-9-19-15-26-22-4-2-1-3-21(19)22;/h1-8,10-11,13-15,26H,9,12,16H2;1H. The molecule has 0 saturated carbocycles. The van der Waals surface area contributed by atoms with Crippen LogP contribution in [-0.2, 0) is 13.0 Å². The predicted molar refractivity (Wildman–Crippen MR) is 106 cm³/mol. The highest BCUT2D eigenvalue weighted by atomic mass is 79.9. The first-order chi connectivity index (χ1) is 13.7. The molecule has 0 radical (unpaired) electrons. The largest absolute Gasteiger partial charge is 1.00 e. The summed E-state index contributed by atoms with van der Waals surface area (Å²) in [7, 11) is 0. The number of aromatic nitrogens is 2. The summed E-state index contributed by atoms with van der Waals surface area (Å²) in [6.45, 7) is 1.20. The molecule has 148 valence electrons. The summed E-state index contributed by atoms with van der Waals surface area (Å²) >= 11 is 0. The number of benzene rings is 2. The van der Waals surface area contributed by atoms with Crippen LogP contribution in [0.25, 0.3) is 10.9 Å². The molecule has 0 fully saturated rings. The van der Waals surface area contributed by atoms with Crippen molar-refractivity contribution in [3.05, 3.63) is 102 Å². The number of hydrogen-bond donors (Lipinski definition) is 2. The molecule has 0 unspecified atom stereocenters. The van der Waals surface area contributed by atoms with Gasteiger partial charge in [0.25, 0.3) is 5.91 Å². The second kappa shape index (κ2) is 9.47. The second-order valence-electron chi connectivity index (χ2n) is 6.75. The van der Waals surface area contributed by atoms with Gasteiger partial charge in [0.2, 0.25) is 0 Å². The molecule has 6 heteroatoms. The van der Waals surface area contributed by atoms with Crippen molar-refractivity contribution in [3.63, 3.8) is 0 Å². The van der Waals surface area contributed by atoms with Crippen LogP contribution in [0.1, 0.15) is 21.5 Å². The fourth-order valence-corrected chi connectivity index (χ4v) is 3.27. The third-order valence-electron chi connectivity index (χ3n) is 4.79. The number of para-hydroxylation sites is 1. The molecule has 2 heterocycles. The highest BCUT2D eigenvalue weighted by molar-refractivity contribution is 5.93. The van der Waals surface area contributed by atoms with Gasteiger partial charge in [0, 0.05) is 41.3 Å². The van der Waals surface area contributed by atoms with Crippen LogP contribution in [0.2, 0.25) is 0 Å². The van der Waals surface area contributed by atoms with Crippen molar-refractivity contribution in [2.75, 3.05) is 6.54 Å². The number of carbonyl (C=O) groups is 1. The zero-order valence-electron chi connectivity index (χ0n) is 15.7. The van der Waals surface area contributed by atoms with E-state index in [1.807, 2.05) is 41.4 Å². The quantitative estimate of drug-likeness (QED) is 0.413. The summed E-state index contributed by atoms with van der Waals surface area (Å²) < 4.78 is 14.9. The zero-order chi connectivity index (χ0) is 19.3. The molecule has 4 nitrogen and oxygen atoms in total. The first-order valence-electron chi connectivity index (χ1n) is 9.26. The number of amides is 1. The molecule has 2 N–H and O–H groups in total. The van der Waals surface area contributed by atoms with Gasteiger partial charge in [-0.05, 0) is 42.3 Å². The molecule has 2 aromatic heterocycles. The molecule has 1 amide bonds. The zero-order valence-corrected chi connectivity index (χ0v) is 17.3. The molecule has 0 aliphatic heterocycles. The SMILES string of the molecule is O=C(NCCc1c[nH]c2ccccc12)c1cc[n+](Cc2ccc(F)cc2)cc1.[Br-]. The summed E-state index contributed by atoms with van der Waals surface area (Å²) in [4.78, 5) is 15.6. The van der Waals surface area contributed by atoms with E-state index in [1.54, 1.807) is 24.3 Å².